The molecule has 0 aliphatic rings. The van der Waals surface area contributed by atoms with Crippen molar-refractivity contribution in [1.82, 2.24) is 20.0 Å². The predicted molar refractivity (Wildman–Crippen MR) is 93.8 cm³/mol. The molecule has 0 spiro atoms. The Morgan fingerprint density at radius 2 is 1.95 bits per heavy atom. The molecule has 0 aromatic carbocycles. The Balaban J connectivity index is 2.88. The number of hydrogen-bond donors (Lipinski definition) is 1. The molecule has 1 aromatic heterocycles. The van der Waals surface area contributed by atoms with Gasteiger partial charge in [-0.05, 0) is 68.8 Å². The van der Waals surface area contributed by atoms with Crippen molar-refractivity contribution in [2.24, 2.45) is 0 Å². The fourth-order valence-electron chi connectivity index (χ4n) is 2.59. The van der Waals surface area contributed by atoms with Crippen LogP contribution in [-0.4, -0.2) is 40.9 Å². The van der Waals surface area contributed by atoms with Gasteiger partial charge in [0.15, 0.2) is 0 Å². The summed E-state index contributed by atoms with van der Waals surface area (Å²) in [6.07, 6.45) is 4.18. The van der Waals surface area contributed by atoms with Gasteiger partial charge in [-0.1, -0.05) is 20.8 Å². The predicted octanol–water partition coefficient (Wildman–Crippen LogP) is 4.00. The second kappa shape index (κ2) is 9.59. The minimum absolute atomic E-state index is 0.352. The van der Waals surface area contributed by atoms with Gasteiger partial charge in [0.2, 0.25) is 0 Å². The van der Waals surface area contributed by atoms with Crippen molar-refractivity contribution in [3.63, 3.8) is 0 Å². The van der Waals surface area contributed by atoms with Crippen molar-refractivity contribution in [2.75, 3.05) is 26.2 Å². The van der Waals surface area contributed by atoms with E-state index in [4.69, 9.17) is 0 Å². The lowest BCUT2D eigenvalue weighted by atomic mass is 10.1. The van der Waals surface area contributed by atoms with Gasteiger partial charge in [0, 0.05) is 6.04 Å². The van der Waals surface area contributed by atoms with E-state index in [1.54, 1.807) is 0 Å². The summed E-state index contributed by atoms with van der Waals surface area (Å²) in [6.45, 7) is 15.4. The molecule has 122 valence electrons. The summed E-state index contributed by atoms with van der Waals surface area (Å²) in [6, 6.07) is 0.732. The van der Waals surface area contributed by atoms with Gasteiger partial charge in [-0.25, -0.2) is 0 Å². The molecule has 5 heteroatoms. The first kappa shape index (κ1) is 18.7. The molecule has 1 unspecified atom stereocenters. The van der Waals surface area contributed by atoms with Crippen LogP contribution in [0.15, 0.2) is 10.7 Å². The zero-order valence-electron chi connectivity index (χ0n) is 14.2. The quantitative estimate of drug-likeness (QED) is 0.686. The molecule has 0 amide bonds. The number of hydrogen-bond acceptors (Lipinski definition) is 3. The van der Waals surface area contributed by atoms with E-state index >= 15 is 0 Å². The first-order valence-electron chi connectivity index (χ1n) is 8.23. The summed E-state index contributed by atoms with van der Waals surface area (Å²) in [5.41, 5.74) is 1.28. The largest absolute Gasteiger partial charge is 0.309 e. The molecule has 0 radical (unpaired) electrons. The summed E-state index contributed by atoms with van der Waals surface area (Å²) < 4.78 is 3.25. The first-order chi connectivity index (χ1) is 10.0. The maximum Gasteiger partial charge on any atom is 0.0699 e. The molecule has 0 fully saturated rings. The lowest BCUT2D eigenvalue weighted by molar-refractivity contribution is 0.277. The molecule has 1 rings (SSSR count). The molecule has 1 atom stereocenters. The highest BCUT2D eigenvalue weighted by atomic mass is 79.9. The molecule has 0 aliphatic heterocycles. The topological polar surface area (TPSA) is 33.1 Å². The van der Waals surface area contributed by atoms with Gasteiger partial charge in [-0.3, -0.25) is 4.68 Å². The highest BCUT2D eigenvalue weighted by molar-refractivity contribution is 9.10. The van der Waals surface area contributed by atoms with Crippen molar-refractivity contribution in [2.45, 2.75) is 59.5 Å². The summed E-state index contributed by atoms with van der Waals surface area (Å²) in [7, 11) is 0. The van der Waals surface area contributed by atoms with Gasteiger partial charge in [0.05, 0.1) is 22.4 Å². The minimum atomic E-state index is 0.352. The van der Waals surface area contributed by atoms with Crippen LogP contribution in [0.2, 0.25) is 0 Å². The van der Waals surface area contributed by atoms with E-state index < -0.39 is 0 Å². The molecule has 4 nitrogen and oxygen atoms in total. The van der Waals surface area contributed by atoms with Gasteiger partial charge >= 0.3 is 0 Å². The molecule has 1 N–H and O–H groups in total. The van der Waals surface area contributed by atoms with Crippen molar-refractivity contribution in [3.05, 3.63) is 16.4 Å². The summed E-state index contributed by atoms with van der Waals surface area (Å²) in [4.78, 5) is 2.48. The second-order valence-electron chi connectivity index (χ2n) is 5.74. The lowest BCUT2D eigenvalue weighted by Crippen LogP contribution is -2.31. The summed E-state index contributed by atoms with van der Waals surface area (Å²) >= 11 is 3.68. The maximum absolute atomic E-state index is 4.53. The van der Waals surface area contributed by atoms with E-state index in [-0.39, 0.29) is 0 Å². The molecule has 0 saturated heterocycles. The average molecular weight is 359 g/mol. The van der Waals surface area contributed by atoms with Crippen LogP contribution in [0.4, 0.5) is 0 Å². The van der Waals surface area contributed by atoms with Crippen molar-refractivity contribution in [3.8, 4) is 0 Å². The summed E-state index contributed by atoms with van der Waals surface area (Å²) in [5.74, 6) is 0. The van der Waals surface area contributed by atoms with E-state index in [0.717, 1.165) is 43.5 Å². The van der Waals surface area contributed by atoms with Crippen LogP contribution >= 0.6 is 15.9 Å². The minimum Gasteiger partial charge on any atom is -0.309 e. The third kappa shape index (κ3) is 5.38. The van der Waals surface area contributed by atoms with Crippen LogP contribution in [0.25, 0.3) is 0 Å². The molecular formula is C16H31BrN4. The van der Waals surface area contributed by atoms with E-state index in [0.29, 0.717) is 12.1 Å². The number of rotatable bonds is 10. The normalized spacial score (nSPS) is 13.3. The Labute approximate surface area is 138 Å². The molecule has 0 bridgehead atoms. The highest BCUT2D eigenvalue weighted by Crippen LogP contribution is 2.28. The molecule has 1 aromatic rings. The molecular weight excluding hydrogens is 328 g/mol. The van der Waals surface area contributed by atoms with Gasteiger partial charge in [-0.15, -0.1) is 0 Å². The third-order valence-electron chi connectivity index (χ3n) is 3.88. The van der Waals surface area contributed by atoms with Gasteiger partial charge in [0.25, 0.3) is 0 Å². The Morgan fingerprint density at radius 1 is 1.29 bits per heavy atom. The fraction of sp³-hybridized carbons (Fsp3) is 0.812. The first-order valence-corrected chi connectivity index (χ1v) is 9.02. The zero-order chi connectivity index (χ0) is 15.8. The molecule has 0 aliphatic carbocycles. The summed E-state index contributed by atoms with van der Waals surface area (Å²) in [5, 5.41) is 8.22. The van der Waals surface area contributed by atoms with E-state index in [1.807, 2.05) is 6.20 Å². The van der Waals surface area contributed by atoms with E-state index in [2.05, 4.69) is 70.5 Å². The van der Waals surface area contributed by atoms with Gasteiger partial charge in [-0.2, -0.15) is 5.10 Å². The maximum atomic E-state index is 4.53. The standard InChI is InChI=1S/C16H31BrN4/c1-6-10-18-15(9-11-20(7-2)8-3)16-14(17)12-19-21(16)13(4)5/h12-13,15,18H,6-11H2,1-5H3. The van der Waals surface area contributed by atoms with Crippen molar-refractivity contribution in [1.29, 1.82) is 0 Å². The van der Waals surface area contributed by atoms with Crippen LogP contribution in [0.5, 0.6) is 0 Å². The van der Waals surface area contributed by atoms with E-state index in [9.17, 15) is 0 Å². The number of aromatic nitrogens is 2. The van der Waals surface area contributed by atoms with Crippen LogP contribution in [0.3, 0.4) is 0 Å². The molecule has 1 heterocycles. The Morgan fingerprint density at radius 3 is 2.48 bits per heavy atom. The number of halogens is 1. The lowest BCUT2D eigenvalue weighted by Gasteiger charge is -2.25. The van der Waals surface area contributed by atoms with Gasteiger partial charge in [0.1, 0.15) is 0 Å². The van der Waals surface area contributed by atoms with Crippen LogP contribution < -0.4 is 5.32 Å². The number of nitrogens with zero attached hydrogens (tertiary/aromatic N) is 3. The molecule has 21 heavy (non-hydrogen) atoms. The fourth-order valence-corrected chi connectivity index (χ4v) is 3.14. The number of nitrogens with one attached hydrogen (secondary N) is 1. The second-order valence-corrected chi connectivity index (χ2v) is 6.59. The van der Waals surface area contributed by atoms with Crippen LogP contribution in [-0.2, 0) is 0 Å². The van der Waals surface area contributed by atoms with E-state index in [1.165, 1.54) is 5.69 Å². The Hall–Kier alpha value is -0.390. The van der Waals surface area contributed by atoms with Crippen molar-refractivity contribution >= 4 is 15.9 Å². The third-order valence-corrected chi connectivity index (χ3v) is 4.49. The Kier molecular flexibility index (Phi) is 8.52. The monoisotopic (exact) mass is 358 g/mol. The van der Waals surface area contributed by atoms with Gasteiger partial charge < -0.3 is 10.2 Å². The van der Waals surface area contributed by atoms with Crippen LogP contribution in [0, 0.1) is 0 Å². The molecule has 0 saturated carbocycles. The average Bonchev–Trinajstić information content (AvgIpc) is 2.85. The smallest absolute Gasteiger partial charge is 0.0699 e. The van der Waals surface area contributed by atoms with Crippen LogP contribution in [0.1, 0.15) is 65.2 Å². The Bertz CT molecular complexity index is 399. The highest BCUT2D eigenvalue weighted by Gasteiger charge is 2.21. The SMILES string of the molecule is CCCNC(CCN(CC)CC)c1c(Br)cnn1C(C)C. The van der Waals surface area contributed by atoms with Crippen molar-refractivity contribution < 1.29 is 0 Å². The zero-order valence-corrected chi connectivity index (χ0v) is 15.8.